The SMILES string of the molecule is CC(C)(Nc1ccc(Br)cc1C(F)(F)F)c1nccs1. The minimum Gasteiger partial charge on any atom is -0.373 e. The van der Waals surface area contributed by atoms with Gasteiger partial charge in [0.2, 0.25) is 0 Å². The Morgan fingerprint density at radius 2 is 1.95 bits per heavy atom. The van der Waals surface area contributed by atoms with Gasteiger partial charge < -0.3 is 5.32 Å². The Morgan fingerprint density at radius 3 is 2.50 bits per heavy atom. The second-order valence-electron chi connectivity index (χ2n) is 4.77. The lowest BCUT2D eigenvalue weighted by atomic mass is 10.0. The smallest absolute Gasteiger partial charge is 0.373 e. The molecular formula is C13H12BrF3N2S. The summed E-state index contributed by atoms with van der Waals surface area (Å²) in [6.45, 7) is 3.60. The van der Waals surface area contributed by atoms with Gasteiger partial charge in [-0.25, -0.2) is 4.98 Å². The fourth-order valence-electron chi connectivity index (χ4n) is 1.78. The van der Waals surface area contributed by atoms with Crippen molar-refractivity contribution in [3.8, 4) is 0 Å². The van der Waals surface area contributed by atoms with E-state index in [1.54, 1.807) is 31.5 Å². The molecule has 0 saturated carbocycles. The van der Waals surface area contributed by atoms with Crippen molar-refractivity contribution in [1.82, 2.24) is 4.98 Å². The van der Waals surface area contributed by atoms with Crippen molar-refractivity contribution >= 4 is 33.0 Å². The molecule has 0 radical (unpaired) electrons. The minimum atomic E-state index is -4.41. The van der Waals surface area contributed by atoms with Crippen LogP contribution >= 0.6 is 27.3 Å². The van der Waals surface area contributed by atoms with E-state index in [1.165, 1.54) is 17.4 Å². The topological polar surface area (TPSA) is 24.9 Å². The molecule has 1 aromatic carbocycles. The molecule has 0 fully saturated rings. The normalized spacial score (nSPS) is 12.5. The first-order valence-electron chi connectivity index (χ1n) is 5.75. The van der Waals surface area contributed by atoms with Gasteiger partial charge in [-0.05, 0) is 32.0 Å². The predicted octanol–water partition coefficient (Wildman–Crippen LogP) is 5.27. The molecule has 0 amide bonds. The van der Waals surface area contributed by atoms with Crippen LogP contribution in [0.5, 0.6) is 0 Å². The summed E-state index contributed by atoms with van der Waals surface area (Å²) in [4.78, 5) is 4.16. The van der Waals surface area contributed by atoms with E-state index in [-0.39, 0.29) is 5.69 Å². The second-order valence-corrected chi connectivity index (χ2v) is 6.59. The van der Waals surface area contributed by atoms with Gasteiger partial charge in [0.05, 0.1) is 11.1 Å². The third-order valence-corrected chi connectivity index (χ3v) is 4.29. The zero-order valence-corrected chi connectivity index (χ0v) is 13.2. The number of halogens is 4. The van der Waals surface area contributed by atoms with Crippen molar-refractivity contribution in [3.05, 3.63) is 44.8 Å². The van der Waals surface area contributed by atoms with Gasteiger partial charge in [-0.2, -0.15) is 13.2 Å². The Kier molecular flexibility index (Phi) is 4.11. The highest BCUT2D eigenvalue weighted by Crippen LogP contribution is 2.39. The third-order valence-electron chi connectivity index (χ3n) is 2.70. The number of alkyl halides is 3. The third kappa shape index (κ3) is 3.32. The van der Waals surface area contributed by atoms with Gasteiger partial charge in [0.15, 0.2) is 0 Å². The monoisotopic (exact) mass is 364 g/mol. The van der Waals surface area contributed by atoms with E-state index in [9.17, 15) is 13.2 Å². The molecule has 0 aliphatic heterocycles. The Bertz CT molecular complexity index is 594. The number of anilines is 1. The standard InChI is InChI=1S/C13H12BrF3N2S/c1-12(2,11-18-5-6-20-11)19-10-4-3-8(14)7-9(10)13(15,16)17/h3-7,19H,1-2H3. The molecule has 7 heteroatoms. The Morgan fingerprint density at radius 1 is 1.25 bits per heavy atom. The molecule has 1 N–H and O–H groups in total. The largest absolute Gasteiger partial charge is 0.418 e. The van der Waals surface area contributed by atoms with Crippen molar-refractivity contribution in [2.75, 3.05) is 5.32 Å². The summed E-state index contributed by atoms with van der Waals surface area (Å²) >= 11 is 4.47. The molecule has 1 aromatic heterocycles. The van der Waals surface area contributed by atoms with E-state index in [1.807, 2.05) is 0 Å². The molecule has 20 heavy (non-hydrogen) atoms. The van der Waals surface area contributed by atoms with Crippen LogP contribution in [0.3, 0.4) is 0 Å². The maximum Gasteiger partial charge on any atom is 0.418 e. The molecule has 0 spiro atoms. The van der Waals surface area contributed by atoms with Crippen LogP contribution in [0.1, 0.15) is 24.4 Å². The molecule has 0 bridgehead atoms. The molecule has 0 aliphatic carbocycles. The van der Waals surface area contributed by atoms with Gasteiger partial charge >= 0.3 is 6.18 Å². The maximum atomic E-state index is 13.1. The van der Waals surface area contributed by atoms with Crippen LogP contribution in [0.4, 0.5) is 18.9 Å². The number of benzene rings is 1. The van der Waals surface area contributed by atoms with Gasteiger partial charge in [0, 0.05) is 21.7 Å². The number of aromatic nitrogens is 1. The van der Waals surface area contributed by atoms with Crippen molar-refractivity contribution in [1.29, 1.82) is 0 Å². The summed E-state index contributed by atoms with van der Waals surface area (Å²) < 4.78 is 39.6. The van der Waals surface area contributed by atoms with Crippen LogP contribution in [0.25, 0.3) is 0 Å². The van der Waals surface area contributed by atoms with E-state index in [0.717, 1.165) is 11.1 Å². The lowest BCUT2D eigenvalue weighted by molar-refractivity contribution is -0.137. The second kappa shape index (κ2) is 5.37. The van der Waals surface area contributed by atoms with E-state index in [4.69, 9.17) is 0 Å². The van der Waals surface area contributed by atoms with Crippen molar-refractivity contribution < 1.29 is 13.2 Å². The van der Waals surface area contributed by atoms with Gasteiger partial charge in [-0.3, -0.25) is 0 Å². The first-order chi connectivity index (χ1) is 9.20. The molecular weight excluding hydrogens is 353 g/mol. The van der Waals surface area contributed by atoms with E-state index in [0.29, 0.717) is 4.47 Å². The minimum absolute atomic E-state index is 0.0425. The van der Waals surface area contributed by atoms with Gasteiger partial charge in [-0.1, -0.05) is 15.9 Å². The average molecular weight is 365 g/mol. The number of thiazole rings is 1. The molecule has 0 aliphatic rings. The van der Waals surface area contributed by atoms with Crippen LogP contribution in [-0.4, -0.2) is 4.98 Å². The van der Waals surface area contributed by atoms with Crippen LogP contribution in [-0.2, 0) is 11.7 Å². The zero-order valence-electron chi connectivity index (χ0n) is 10.8. The van der Waals surface area contributed by atoms with Gasteiger partial charge in [0.25, 0.3) is 0 Å². The first-order valence-corrected chi connectivity index (χ1v) is 7.42. The molecule has 2 rings (SSSR count). The quantitative estimate of drug-likeness (QED) is 0.801. The summed E-state index contributed by atoms with van der Waals surface area (Å²) in [5.74, 6) is 0. The fraction of sp³-hybridized carbons (Fsp3) is 0.308. The molecule has 1 heterocycles. The lowest BCUT2D eigenvalue weighted by Gasteiger charge is -2.27. The summed E-state index contributed by atoms with van der Waals surface area (Å²) in [6, 6.07) is 4.07. The number of nitrogens with one attached hydrogen (secondary N) is 1. The van der Waals surface area contributed by atoms with Crippen LogP contribution in [0.15, 0.2) is 34.2 Å². The van der Waals surface area contributed by atoms with Gasteiger partial charge in [-0.15, -0.1) is 11.3 Å². The molecule has 108 valence electrons. The highest BCUT2D eigenvalue weighted by molar-refractivity contribution is 9.10. The molecule has 0 saturated heterocycles. The molecule has 2 aromatic rings. The summed E-state index contributed by atoms with van der Waals surface area (Å²) in [6.07, 6.45) is -2.78. The lowest BCUT2D eigenvalue weighted by Crippen LogP contribution is -2.29. The first kappa shape index (κ1) is 15.3. The Balaban J connectivity index is 2.39. The highest BCUT2D eigenvalue weighted by Gasteiger charge is 2.35. The maximum absolute atomic E-state index is 13.1. The number of rotatable bonds is 3. The van der Waals surface area contributed by atoms with Crippen molar-refractivity contribution in [2.24, 2.45) is 0 Å². The fourth-order valence-corrected chi connectivity index (χ4v) is 2.86. The van der Waals surface area contributed by atoms with E-state index < -0.39 is 17.3 Å². The van der Waals surface area contributed by atoms with Crippen molar-refractivity contribution in [3.63, 3.8) is 0 Å². The Labute approximate surface area is 127 Å². The molecule has 0 atom stereocenters. The Hall–Kier alpha value is -1.08. The van der Waals surface area contributed by atoms with Crippen molar-refractivity contribution in [2.45, 2.75) is 25.6 Å². The van der Waals surface area contributed by atoms with Crippen LogP contribution in [0.2, 0.25) is 0 Å². The zero-order chi connectivity index (χ0) is 15.0. The predicted molar refractivity (Wildman–Crippen MR) is 77.9 cm³/mol. The molecule has 0 unspecified atom stereocenters. The van der Waals surface area contributed by atoms with Crippen LogP contribution in [0, 0.1) is 0 Å². The van der Waals surface area contributed by atoms with E-state index in [2.05, 4.69) is 26.2 Å². The van der Waals surface area contributed by atoms with Gasteiger partial charge in [0.1, 0.15) is 5.01 Å². The van der Waals surface area contributed by atoms with E-state index >= 15 is 0 Å². The highest BCUT2D eigenvalue weighted by atomic mass is 79.9. The summed E-state index contributed by atoms with van der Waals surface area (Å²) in [5.41, 5.74) is -1.33. The number of hydrogen-bond acceptors (Lipinski definition) is 3. The summed E-state index contributed by atoms with van der Waals surface area (Å²) in [7, 11) is 0. The number of hydrogen-bond donors (Lipinski definition) is 1. The van der Waals surface area contributed by atoms with Crippen LogP contribution < -0.4 is 5.32 Å². The number of nitrogens with zero attached hydrogens (tertiary/aromatic N) is 1. The average Bonchev–Trinajstić information content (AvgIpc) is 2.84. The molecule has 2 nitrogen and oxygen atoms in total. The summed E-state index contributed by atoms with van der Waals surface area (Å²) in [5, 5.41) is 5.46.